The van der Waals surface area contributed by atoms with Gasteiger partial charge in [-0.05, 0) is 38.2 Å². The summed E-state index contributed by atoms with van der Waals surface area (Å²) in [5.74, 6) is 0. The molecule has 1 rings (SSSR count). The van der Waals surface area contributed by atoms with Gasteiger partial charge in [0.1, 0.15) is 6.54 Å². The van der Waals surface area contributed by atoms with Crippen LogP contribution in [0.4, 0.5) is 0 Å². The molecule has 0 bridgehead atoms. The number of unbranched alkanes of at least 4 members (excludes halogenated alkanes) is 30. The molecule has 264 valence electrons. The molecule has 1 nitrogen and oxygen atoms in total. The lowest BCUT2D eigenvalue weighted by Crippen LogP contribution is -2.34. The van der Waals surface area contributed by atoms with E-state index in [1.807, 2.05) is 0 Å². The highest BCUT2D eigenvalue weighted by Crippen LogP contribution is 2.17. The Morgan fingerprint density at radius 2 is 0.556 bits per heavy atom. The van der Waals surface area contributed by atoms with Crippen LogP contribution < -0.4 is 4.57 Å². The van der Waals surface area contributed by atoms with Crippen molar-refractivity contribution in [3.05, 3.63) is 29.6 Å². The second-order valence-corrected chi connectivity index (χ2v) is 14.9. The molecule has 45 heavy (non-hydrogen) atoms. The van der Waals surface area contributed by atoms with Gasteiger partial charge in [0.05, 0.1) is 0 Å². The molecule has 0 saturated heterocycles. The zero-order valence-corrected chi connectivity index (χ0v) is 31.6. The van der Waals surface area contributed by atoms with Gasteiger partial charge < -0.3 is 0 Å². The van der Waals surface area contributed by atoms with E-state index in [0.29, 0.717) is 0 Å². The summed E-state index contributed by atoms with van der Waals surface area (Å²) in [6.45, 7) is 8.16. The second kappa shape index (κ2) is 34.5. The van der Waals surface area contributed by atoms with Gasteiger partial charge >= 0.3 is 0 Å². The third-order valence-electron chi connectivity index (χ3n) is 10.2. The topological polar surface area (TPSA) is 3.88 Å². The number of pyridine rings is 1. The normalized spacial score (nSPS) is 11.5. The second-order valence-electron chi connectivity index (χ2n) is 14.9. The molecule has 0 aliphatic heterocycles. The van der Waals surface area contributed by atoms with E-state index in [9.17, 15) is 0 Å². The van der Waals surface area contributed by atoms with Gasteiger partial charge in [-0.3, -0.25) is 0 Å². The molecule has 0 atom stereocenters. The Kier molecular flexibility index (Phi) is 32.3. The number of aryl methyl sites for hydroxylation is 3. The molecule has 1 heterocycles. The van der Waals surface area contributed by atoms with Gasteiger partial charge in [0.25, 0.3) is 0 Å². The number of hydrogen-bond acceptors (Lipinski definition) is 0. The molecule has 0 spiro atoms. The number of aromatic nitrogens is 1. The molecule has 1 heteroatoms. The predicted molar refractivity (Wildman–Crippen MR) is 203 cm³/mol. The van der Waals surface area contributed by atoms with E-state index in [-0.39, 0.29) is 0 Å². The van der Waals surface area contributed by atoms with Gasteiger partial charge in [-0.2, -0.15) is 0 Å². The molecule has 1 aromatic rings. The van der Waals surface area contributed by atoms with E-state index >= 15 is 0 Å². The lowest BCUT2D eigenvalue weighted by molar-refractivity contribution is -0.698. The maximum atomic E-state index is 2.57. The first-order valence-electron chi connectivity index (χ1n) is 21.3. The first-order chi connectivity index (χ1) is 22.3. The molecular formula is C44H84N+. The fourth-order valence-corrected chi connectivity index (χ4v) is 7.12. The van der Waals surface area contributed by atoms with Crippen LogP contribution in [0, 0.1) is 0 Å². The summed E-state index contributed by atoms with van der Waals surface area (Å²) in [5.41, 5.74) is 3.21. The largest absolute Gasteiger partial charge is 0.205 e. The standard InChI is InChI=1S/C44H84N/c1-4-7-10-13-16-18-20-22-24-26-28-31-34-37-43-40-44(42-45(41-43)39-36-33-30-15-12-9-6-3)38-35-32-29-27-25-23-21-19-17-14-11-8-5-2/h40-42H,4-39H2,1-3H3/q+1. The van der Waals surface area contributed by atoms with E-state index in [1.165, 1.54) is 231 Å². The SMILES string of the molecule is CCCCCCCCCCCCCCCc1cc(CCCCCCCCCCCCCCC)c[n+](CCCCCCCCC)c1. The van der Waals surface area contributed by atoms with Crippen molar-refractivity contribution in [2.45, 2.75) is 252 Å². The maximum Gasteiger partial charge on any atom is 0.171 e. The van der Waals surface area contributed by atoms with Gasteiger partial charge in [-0.15, -0.1) is 0 Å². The van der Waals surface area contributed by atoms with E-state index in [4.69, 9.17) is 0 Å². The van der Waals surface area contributed by atoms with Crippen LogP contribution in [0.2, 0.25) is 0 Å². The number of nitrogens with zero attached hydrogens (tertiary/aromatic N) is 1. The van der Waals surface area contributed by atoms with E-state index < -0.39 is 0 Å². The van der Waals surface area contributed by atoms with Crippen LogP contribution in [0.1, 0.15) is 244 Å². The molecule has 0 aliphatic carbocycles. The highest BCUT2D eigenvalue weighted by atomic mass is 14.9. The van der Waals surface area contributed by atoms with Crippen LogP contribution in [0.25, 0.3) is 0 Å². The number of rotatable bonds is 36. The fourth-order valence-electron chi connectivity index (χ4n) is 7.12. The van der Waals surface area contributed by atoms with Crippen LogP contribution in [-0.2, 0) is 19.4 Å². The molecule has 1 aromatic heterocycles. The summed E-state index contributed by atoms with van der Waals surface area (Å²) < 4.78 is 2.57. The Hall–Kier alpha value is -0.850. The van der Waals surface area contributed by atoms with Crippen molar-refractivity contribution in [3.63, 3.8) is 0 Å². The van der Waals surface area contributed by atoms with Gasteiger partial charge in [0.2, 0.25) is 0 Å². The summed E-state index contributed by atoms with van der Waals surface area (Å²) in [4.78, 5) is 0. The molecule has 0 amide bonds. The van der Waals surface area contributed by atoms with Crippen molar-refractivity contribution < 1.29 is 4.57 Å². The highest BCUT2D eigenvalue weighted by molar-refractivity contribution is 5.15. The average Bonchev–Trinajstić information content (AvgIpc) is 3.05. The van der Waals surface area contributed by atoms with Crippen molar-refractivity contribution >= 4 is 0 Å². The average molecular weight is 627 g/mol. The molecule has 0 saturated carbocycles. The molecule has 0 N–H and O–H groups in total. The van der Waals surface area contributed by atoms with Crippen LogP contribution >= 0.6 is 0 Å². The summed E-state index contributed by atoms with van der Waals surface area (Å²) in [7, 11) is 0. The molecule has 0 radical (unpaired) electrons. The Morgan fingerprint density at radius 1 is 0.311 bits per heavy atom. The fraction of sp³-hybridized carbons (Fsp3) is 0.886. The lowest BCUT2D eigenvalue weighted by atomic mass is 10.0. The first-order valence-corrected chi connectivity index (χ1v) is 21.3. The van der Waals surface area contributed by atoms with Crippen molar-refractivity contribution in [1.29, 1.82) is 0 Å². The van der Waals surface area contributed by atoms with E-state index in [0.717, 1.165) is 0 Å². The third kappa shape index (κ3) is 29.1. The summed E-state index contributed by atoms with van der Waals surface area (Å²) >= 11 is 0. The van der Waals surface area contributed by atoms with E-state index in [1.54, 1.807) is 11.1 Å². The molecule has 0 aromatic carbocycles. The van der Waals surface area contributed by atoms with Crippen LogP contribution in [0.5, 0.6) is 0 Å². The quantitative estimate of drug-likeness (QED) is 0.0515. The van der Waals surface area contributed by atoms with Gasteiger partial charge in [0.15, 0.2) is 12.4 Å². The van der Waals surface area contributed by atoms with Gasteiger partial charge in [-0.1, -0.05) is 207 Å². The van der Waals surface area contributed by atoms with Crippen LogP contribution in [0.3, 0.4) is 0 Å². The number of hydrogen-bond donors (Lipinski definition) is 0. The molecule has 0 aliphatic rings. The van der Waals surface area contributed by atoms with Crippen LogP contribution in [0.15, 0.2) is 18.5 Å². The van der Waals surface area contributed by atoms with Crippen molar-refractivity contribution in [2.75, 3.05) is 0 Å². The minimum atomic E-state index is 1.21. The molecule has 0 unspecified atom stereocenters. The van der Waals surface area contributed by atoms with E-state index in [2.05, 4.69) is 43.8 Å². The predicted octanol–water partition coefficient (Wildman–Crippen LogP) is 15.0. The Balaban J connectivity index is 2.28. The van der Waals surface area contributed by atoms with Crippen molar-refractivity contribution in [1.82, 2.24) is 0 Å². The molecule has 0 fully saturated rings. The minimum absolute atomic E-state index is 1.21. The van der Waals surface area contributed by atoms with Crippen LogP contribution in [-0.4, -0.2) is 0 Å². The summed E-state index contributed by atoms with van der Waals surface area (Å²) in [6, 6.07) is 2.57. The monoisotopic (exact) mass is 627 g/mol. The maximum absolute atomic E-state index is 2.57. The zero-order valence-electron chi connectivity index (χ0n) is 31.6. The Morgan fingerprint density at radius 3 is 0.844 bits per heavy atom. The lowest BCUT2D eigenvalue weighted by Gasteiger charge is -2.07. The Labute approximate surface area is 285 Å². The van der Waals surface area contributed by atoms with Crippen molar-refractivity contribution in [3.8, 4) is 0 Å². The third-order valence-corrected chi connectivity index (χ3v) is 10.2. The van der Waals surface area contributed by atoms with Gasteiger partial charge in [0, 0.05) is 17.5 Å². The van der Waals surface area contributed by atoms with Gasteiger partial charge in [-0.25, -0.2) is 4.57 Å². The first kappa shape index (κ1) is 42.2. The zero-order chi connectivity index (χ0) is 32.3. The Bertz CT molecular complexity index is 661. The van der Waals surface area contributed by atoms with Crippen molar-refractivity contribution in [2.24, 2.45) is 0 Å². The minimum Gasteiger partial charge on any atom is -0.205 e. The smallest absolute Gasteiger partial charge is 0.171 e. The highest BCUT2D eigenvalue weighted by Gasteiger charge is 2.09. The summed E-state index contributed by atoms with van der Waals surface area (Å²) in [5, 5.41) is 0. The summed E-state index contributed by atoms with van der Waals surface area (Å²) in [6.07, 6.45) is 54.8. The molecular weight excluding hydrogens is 542 g/mol.